The average molecular weight is 192 g/mol. The molecule has 3 aliphatic carbocycles. The van der Waals surface area contributed by atoms with Crippen molar-refractivity contribution in [1.82, 2.24) is 0 Å². The fourth-order valence-electron chi connectivity index (χ4n) is 3.13. The van der Waals surface area contributed by atoms with E-state index < -0.39 is 0 Å². The van der Waals surface area contributed by atoms with Gasteiger partial charge in [-0.25, -0.2) is 0 Å². The van der Waals surface area contributed by atoms with E-state index in [1.807, 2.05) is 6.92 Å². The van der Waals surface area contributed by atoms with Crippen LogP contribution in [0.25, 0.3) is 0 Å². The molecule has 78 valence electrons. The number of carbonyl (C=O) groups excluding carboxylic acids is 1. The molecule has 0 spiro atoms. The molecule has 14 heavy (non-hydrogen) atoms. The van der Waals surface area contributed by atoms with Crippen LogP contribution in [0.15, 0.2) is 11.6 Å². The zero-order valence-electron chi connectivity index (χ0n) is 9.42. The number of allylic oxidation sites excluding steroid dienone is 2. The first kappa shape index (κ1) is 9.95. The van der Waals surface area contributed by atoms with Crippen LogP contribution in [0.5, 0.6) is 0 Å². The van der Waals surface area contributed by atoms with Crippen LogP contribution < -0.4 is 0 Å². The van der Waals surface area contributed by atoms with Crippen molar-refractivity contribution in [2.24, 2.45) is 23.2 Å². The maximum atomic E-state index is 10.6. The van der Waals surface area contributed by atoms with Crippen LogP contribution in [-0.2, 0) is 4.79 Å². The lowest BCUT2D eigenvalue weighted by atomic mass is 9.48. The van der Waals surface area contributed by atoms with Gasteiger partial charge in [0.05, 0.1) is 0 Å². The quantitative estimate of drug-likeness (QED) is 0.495. The second kappa shape index (κ2) is 3.22. The monoisotopic (exact) mass is 192 g/mol. The molecule has 0 heterocycles. The lowest BCUT2D eigenvalue weighted by molar-refractivity contribution is -0.110. The molecule has 0 aromatic rings. The summed E-state index contributed by atoms with van der Waals surface area (Å²) in [7, 11) is 0. The van der Waals surface area contributed by atoms with Gasteiger partial charge in [0.1, 0.15) is 6.29 Å². The van der Waals surface area contributed by atoms with Gasteiger partial charge in [0.2, 0.25) is 0 Å². The number of fused-ring (bicyclic) bond motifs is 1. The van der Waals surface area contributed by atoms with Crippen molar-refractivity contribution < 1.29 is 4.79 Å². The summed E-state index contributed by atoms with van der Waals surface area (Å²) in [4.78, 5) is 10.6. The molecule has 1 fully saturated rings. The zero-order valence-corrected chi connectivity index (χ0v) is 9.42. The van der Waals surface area contributed by atoms with Crippen molar-refractivity contribution in [3.8, 4) is 0 Å². The summed E-state index contributed by atoms with van der Waals surface area (Å²) in [6, 6.07) is 0. The highest BCUT2D eigenvalue weighted by atomic mass is 16.1. The third kappa shape index (κ3) is 1.34. The van der Waals surface area contributed by atoms with Crippen molar-refractivity contribution in [3.63, 3.8) is 0 Å². The van der Waals surface area contributed by atoms with E-state index in [1.165, 1.54) is 12.8 Å². The predicted molar refractivity (Wildman–Crippen MR) is 57.9 cm³/mol. The Kier molecular flexibility index (Phi) is 2.29. The molecule has 0 aromatic heterocycles. The van der Waals surface area contributed by atoms with Crippen LogP contribution in [-0.4, -0.2) is 6.29 Å². The Morgan fingerprint density at radius 2 is 2.36 bits per heavy atom. The number of aldehydes is 1. The van der Waals surface area contributed by atoms with Crippen LogP contribution in [0.1, 0.15) is 40.0 Å². The van der Waals surface area contributed by atoms with E-state index in [9.17, 15) is 4.79 Å². The Morgan fingerprint density at radius 1 is 1.64 bits per heavy atom. The summed E-state index contributed by atoms with van der Waals surface area (Å²) in [5.74, 6) is 1.88. The maximum absolute atomic E-state index is 10.6. The molecule has 0 amide bonds. The van der Waals surface area contributed by atoms with Gasteiger partial charge >= 0.3 is 0 Å². The fraction of sp³-hybridized carbons (Fsp3) is 0.769. The standard InChI is InChI=1S/C13H20O/c1-9(8-14)6-10-4-5-11-7-12(10)13(11,2)3/h4,8-9,11-12H,5-7H2,1-3H3. The predicted octanol–water partition coefficient (Wildman–Crippen LogP) is 3.20. The first-order chi connectivity index (χ1) is 6.55. The molecule has 0 aliphatic heterocycles. The van der Waals surface area contributed by atoms with Crippen molar-refractivity contribution in [2.45, 2.75) is 40.0 Å². The van der Waals surface area contributed by atoms with Gasteiger partial charge in [0.15, 0.2) is 0 Å². The van der Waals surface area contributed by atoms with E-state index in [2.05, 4.69) is 19.9 Å². The fourth-order valence-corrected chi connectivity index (χ4v) is 3.13. The Bertz CT molecular complexity index is 275. The zero-order chi connectivity index (χ0) is 10.3. The van der Waals surface area contributed by atoms with Gasteiger partial charge in [-0.15, -0.1) is 0 Å². The average Bonchev–Trinajstić information content (AvgIpc) is 2.17. The smallest absolute Gasteiger partial charge is 0.123 e. The second-order valence-electron chi connectivity index (χ2n) is 5.64. The second-order valence-corrected chi connectivity index (χ2v) is 5.64. The van der Waals surface area contributed by atoms with Crippen LogP contribution in [0, 0.1) is 23.2 Å². The highest BCUT2D eigenvalue weighted by molar-refractivity contribution is 5.53. The molecule has 3 atom stereocenters. The van der Waals surface area contributed by atoms with E-state index in [1.54, 1.807) is 5.57 Å². The van der Waals surface area contributed by atoms with Crippen molar-refractivity contribution >= 4 is 6.29 Å². The molecular formula is C13H20O. The largest absolute Gasteiger partial charge is 0.303 e. The van der Waals surface area contributed by atoms with Crippen LogP contribution in [0.3, 0.4) is 0 Å². The Balaban J connectivity index is 2.07. The van der Waals surface area contributed by atoms with Gasteiger partial charge in [0, 0.05) is 5.92 Å². The molecule has 1 saturated carbocycles. The van der Waals surface area contributed by atoms with Gasteiger partial charge in [-0.1, -0.05) is 32.4 Å². The van der Waals surface area contributed by atoms with Gasteiger partial charge in [0.25, 0.3) is 0 Å². The molecular weight excluding hydrogens is 172 g/mol. The van der Waals surface area contributed by atoms with E-state index >= 15 is 0 Å². The van der Waals surface area contributed by atoms with Crippen LogP contribution in [0.4, 0.5) is 0 Å². The minimum Gasteiger partial charge on any atom is -0.303 e. The summed E-state index contributed by atoms with van der Waals surface area (Å²) in [6.45, 7) is 6.78. The molecule has 0 saturated heterocycles. The Hall–Kier alpha value is -0.590. The molecule has 0 radical (unpaired) electrons. The number of rotatable bonds is 3. The lowest BCUT2D eigenvalue weighted by Crippen LogP contribution is -2.48. The number of carbonyl (C=O) groups is 1. The molecule has 1 nitrogen and oxygen atoms in total. The number of hydrogen-bond donors (Lipinski definition) is 0. The minimum absolute atomic E-state index is 0.203. The van der Waals surface area contributed by atoms with Gasteiger partial charge in [-0.3, -0.25) is 0 Å². The topological polar surface area (TPSA) is 17.1 Å². The third-order valence-electron chi connectivity index (χ3n) is 4.37. The van der Waals surface area contributed by atoms with Crippen molar-refractivity contribution in [2.75, 3.05) is 0 Å². The summed E-state index contributed by atoms with van der Waals surface area (Å²) in [5, 5.41) is 0. The van der Waals surface area contributed by atoms with Gasteiger partial charge in [-0.2, -0.15) is 0 Å². The first-order valence-electron chi connectivity index (χ1n) is 5.70. The molecule has 0 aromatic carbocycles. The first-order valence-corrected chi connectivity index (χ1v) is 5.70. The Labute approximate surface area is 86.6 Å². The van der Waals surface area contributed by atoms with E-state index in [-0.39, 0.29) is 5.92 Å². The Morgan fingerprint density at radius 3 is 2.86 bits per heavy atom. The van der Waals surface area contributed by atoms with Crippen LogP contribution in [0.2, 0.25) is 0 Å². The van der Waals surface area contributed by atoms with E-state index in [4.69, 9.17) is 0 Å². The molecule has 3 aliphatic rings. The van der Waals surface area contributed by atoms with Crippen LogP contribution >= 0.6 is 0 Å². The van der Waals surface area contributed by atoms with Gasteiger partial charge < -0.3 is 4.79 Å². The van der Waals surface area contributed by atoms with E-state index in [0.29, 0.717) is 5.41 Å². The minimum atomic E-state index is 0.203. The normalized spacial score (nSPS) is 35.5. The molecule has 2 bridgehead atoms. The summed E-state index contributed by atoms with van der Waals surface area (Å²) >= 11 is 0. The maximum Gasteiger partial charge on any atom is 0.123 e. The molecule has 0 N–H and O–H groups in total. The molecule has 3 unspecified atom stereocenters. The SMILES string of the molecule is CC(C=O)CC1=CCC2CC1C2(C)C. The van der Waals surface area contributed by atoms with Crippen molar-refractivity contribution in [3.05, 3.63) is 11.6 Å². The number of hydrogen-bond acceptors (Lipinski definition) is 1. The lowest BCUT2D eigenvalue weighted by Gasteiger charge is -2.56. The third-order valence-corrected chi connectivity index (χ3v) is 4.37. The van der Waals surface area contributed by atoms with E-state index in [0.717, 1.165) is 24.5 Å². The highest BCUT2D eigenvalue weighted by Gasteiger charge is 2.50. The summed E-state index contributed by atoms with van der Waals surface area (Å²) < 4.78 is 0. The summed E-state index contributed by atoms with van der Waals surface area (Å²) in [5.41, 5.74) is 2.06. The molecule has 3 rings (SSSR count). The van der Waals surface area contributed by atoms with Crippen molar-refractivity contribution in [1.29, 1.82) is 0 Å². The van der Waals surface area contributed by atoms with Gasteiger partial charge in [-0.05, 0) is 36.5 Å². The summed E-state index contributed by atoms with van der Waals surface area (Å²) in [6.07, 6.45) is 7.07. The molecule has 1 heteroatoms. The highest BCUT2D eigenvalue weighted by Crippen LogP contribution is 2.59.